The summed E-state index contributed by atoms with van der Waals surface area (Å²) < 4.78 is 0. The zero-order chi connectivity index (χ0) is 15.4. The highest BCUT2D eigenvalue weighted by Gasteiger charge is 2.07. The number of pyridine rings is 1. The van der Waals surface area contributed by atoms with Gasteiger partial charge < -0.3 is 15.4 Å². The molecule has 0 aliphatic rings. The van der Waals surface area contributed by atoms with Crippen molar-refractivity contribution >= 4 is 16.9 Å². The lowest BCUT2D eigenvalue weighted by atomic mass is 10.0. The Balaban J connectivity index is 1.85. The van der Waals surface area contributed by atoms with Crippen molar-refractivity contribution in [3.05, 3.63) is 54.4 Å². The van der Waals surface area contributed by atoms with Gasteiger partial charge in [0, 0.05) is 42.1 Å². The van der Waals surface area contributed by atoms with Gasteiger partial charge in [-0.25, -0.2) is 4.98 Å². The van der Waals surface area contributed by atoms with Gasteiger partial charge in [0.05, 0.1) is 0 Å². The van der Waals surface area contributed by atoms with E-state index in [-0.39, 0.29) is 12.5 Å². The molecule has 3 rings (SSSR count). The van der Waals surface area contributed by atoms with Gasteiger partial charge in [0.15, 0.2) is 0 Å². The number of benzene rings is 1. The van der Waals surface area contributed by atoms with Crippen molar-refractivity contribution in [3.8, 4) is 11.1 Å². The van der Waals surface area contributed by atoms with E-state index in [1.54, 1.807) is 12.3 Å². The van der Waals surface area contributed by atoms with E-state index >= 15 is 0 Å². The van der Waals surface area contributed by atoms with Crippen molar-refractivity contribution < 1.29 is 9.90 Å². The predicted octanol–water partition coefficient (Wildman–Crippen LogP) is 2.34. The van der Waals surface area contributed by atoms with Crippen LogP contribution >= 0.6 is 0 Å². The highest BCUT2D eigenvalue weighted by atomic mass is 16.3. The van der Waals surface area contributed by atoms with Crippen LogP contribution in [0.15, 0.2) is 48.8 Å². The monoisotopic (exact) mass is 295 g/mol. The third kappa shape index (κ3) is 2.99. The number of rotatable bonds is 5. The maximum Gasteiger partial charge on any atom is 0.251 e. The van der Waals surface area contributed by atoms with Gasteiger partial charge >= 0.3 is 0 Å². The number of fused-ring (bicyclic) bond motifs is 1. The van der Waals surface area contributed by atoms with E-state index in [1.165, 1.54) is 0 Å². The van der Waals surface area contributed by atoms with Crippen LogP contribution in [0, 0.1) is 0 Å². The quantitative estimate of drug-likeness (QED) is 0.632. The molecule has 3 N–H and O–H groups in total. The summed E-state index contributed by atoms with van der Waals surface area (Å²) in [5.74, 6) is -0.133. The molecule has 112 valence electrons. The van der Waals surface area contributed by atoms with E-state index in [2.05, 4.69) is 15.3 Å². The number of aliphatic hydroxyl groups is 1. The number of nitrogens with one attached hydrogen (secondary N) is 2. The number of carbonyl (C=O) groups is 1. The summed E-state index contributed by atoms with van der Waals surface area (Å²) in [6.07, 6.45) is 4.20. The number of aliphatic hydroxyl groups excluding tert-OH is 1. The fourth-order valence-electron chi connectivity index (χ4n) is 2.32. The summed E-state index contributed by atoms with van der Waals surface area (Å²) in [5.41, 5.74) is 3.37. The van der Waals surface area contributed by atoms with Crippen LogP contribution in [0.1, 0.15) is 16.8 Å². The lowest BCUT2D eigenvalue weighted by molar-refractivity contribution is 0.0951. The molecule has 5 nitrogen and oxygen atoms in total. The predicted molar refractivity (Wildman–Crippen MR) is 85.6 cm³/mol. The van der Waals surface area contributed by atoms with Crippen molar-refractivity contribution in [3.63, 3.8) is 0 Å². The molecule has 2 heterocycles. The van der Waals surface area contributed by atoms with E-state index in [0.29, 0.717) is 18.5 Å². The second-order valence-corrected chi connectivity index (χ2v) is 5.05. The largest absolute Gasteiger partial charge is 0.396 e. The van der Waals surface area contributed by atoms with Crippen LogP contribution in [0.3, 0.4) is 0 Å². The van der Waals surface area contributed by atoms with Crippen LogP contribution in [0.25, 0.3) is 22.2 Å². The van der Waals surface area contributed by atoms with E-state index < -0.39 is 0 Å². The fourth-order valence-corrected chi connectivity index (χ4v) is 2.32. The Kier molecular flexibility index (Phi) is 4.16. The fraction of sp³-hybridized carbons (Fsp3) is 0.176. The molecule has 0 saturated carbocycles. The van der Waals surface area contributed by atoms with Gasteiger partial charge in [-0.2, -0.15) is 0 Å². The molecule has 0 aliphatic carbocycles. The first-order valence-corrected chi connectivity index (χ1v) is 7.20. The minimum absolute atomic E-state index is 0.0721. The van der Waals surface area contributed by atoms with Crippen LogP contribution in [0.4, 0.5) is 0 Å². The first-order valence-electron chi connectivity index (χ1n) is 7.20. The van der Waals surface area contributed by atoms with E-state index in [0.717, 1.165) is 22.2 Å². The van der Waals surface area contributed by atoms with Crippen LogP contribution < -0.4 is 5.32 Å². The Morgan fingerprint density at radius 2 is 2.14 bits per heavy atom. The molecule has 0 fully saturated rings. The van der Waals surface area contributed by atoms with Crippen molar-refractivity contribution in [1.82, 2.24) is 15.3 Å². The van der Waals surface area contributed by atoms with Gasteiger partial charge in [-0.15, -0.1) is 0 Å². The Bertz CT molecular complexity index is 795. The normalized spacial score (nSPS) is 10.8. The standard InChI is InChI=1S/C17H17N3O2/c21-8-2-6-19-17(22)14-4-1-3-12(9-14)15-10-13-5-7-18-16(13)20-11-15/h1,3-5,7,9-11,21H,2,6,8H2,(H,18,20)(H,19,22). The molecule has 0 saturated heterocycles. The van der Waals surface area contributed by atoms with Crippen LogP contribution in [-0.2, 0) is 0 Å². The average molecular weight is 295 g/mol. The SMILES string of the molecule is O=C(NCCCO)c1cccc(-c2cnc3[nH]ccc3c2)c1. The average Bonchev–Trinajstić information content (AvgIpc) is 3.02. The van der Waals surface area contributed by atoms with Crippen LogP contribution in [0.5, 0.6) is 0 Å². The van der Waals surface area contributed by atoms with Crippen LogP contribution in [-0.4, -0.2) is 34.1 Å². The van der Waals surface area contributed by atoms with E-state index in [1.807, 2.05) is 36.5 Å². The number of H-pyrrole nitrogens is 1. The molecular weight excluding hydrogens is 278 g/mol. The zero-order valence-corrected chi connectivity index (χ0v) is 12.0. The molecule has 0 aliphatic heterocycles. The number of amides is 1. The lowest BCUT2D eigenvalue weighted by Crippen LogP contribution is -2.24. The number of hydrogen-bond acceptors (Lipinski definition) is 3. The molecule has 22 heavy (non-hydrogen) atoms. The first-order chi connectivity index (χ1) is 10.8. The Hall–Kier alpha value is -2.66. The van der Waals surface area contributed by atoms with Gasteiger partial charge in [0.1, 0.15) is 5.65 Å². The maximum atomic E-state index is 12.1. The molecule has 5 heteroatoms. The summed E-state index contributed by atoms with van der Waals surface area (Å²) in [5, 5.41) is 12.6. The summed E-state index contributed by atoms with van der Waals surface area (Å²) in [6.45, 7) is 0.541. The van der Waals surface area contributed by atoms with Gasteiger partial charge in [0.25, 0.3) is 5.91 Å². The second-order valence-electron chi connectivity index (χ2n) is 5.05. The number of nitrogens with zero attached hydrogens (tertiary/aromatic N) is 1. The molecule has 0 radical (unpaired) electrons. The highest BCUT2D eigenvalue weighted by molar-refractivity contribution is 5.95. The molecule has 0 atom stereocenters. The molecule has 0 unspecified atom stereocenters. The molecule has 3 aromatic rings. The van der Waals surface area contributed by atoms with Crippen molar-refractivity contribution in [2.24, 2.45) is 0 Å². The summed E-state index contributed by atoms with van der Waals surface area (Å²) in [7, 11) is 0. The van der Waals surface area contributed by atoms with Crippen LogP contribution in [0.2, 0.25) is 0 Å². The molecule has 2 aromatic heterocycles. The zero-order valence-electron chi connectivity index (χ0n) is 12.0. The number of hydrogen-bond donors (Lipinski definition) is 3. The first kappa shape index (κ1) is 14.3. The van der Waals surface area contributed by atoms with Gasteiger partial charge in [-0.1, -0.05) is 12.1 Å². The lowest BCUT2D eigenvalue weighted by Gasteiger charge is -2.07. The Morgan fingerprint density at radius 3 is 3.00 bits per heavy atom. The number of aromatic nitrogens is 2. The molecular formula is C17H17N3O2. The maximum absolute atomic E-state index is 12.1. The van der Waals surface area contributed by atoms with Gasteiger partial charge in [-0.05, 0) is 36.2 Å². The molecule has 1 amide bonds. The van der Waals surface area contributed by atoms with E-state index in [9.17, 15) is 4.79 Å². The van der Waals surface area contributed by atoms with E-state index in [4.69, 9.17) is 5.11 Å². The second kappa shape index (κ2) is 6.41. The molecule has 0 bridgehead atoms. The molecule has 0 spiro atoms. The molecule has 1 aromatic carbocycles. The third-order valence-electron chi connectivity index (χ3n) is 3.48. The Morgan fingerprint density at radius 1 is 1.23 bits per heavy atom. The highest BCUT2D eigenvalue weighted by Crippen LogP contribution is 2.23. The topological polar surface area (TPSA) is 78.0 Å². The van der Waals surface area contributed by atoms with Crippen molar-refractivity contribution in [2.75, 3.05) is 13.2 Å². The summed E-state index contributed by atoms with van der Waals surface area (Å²) >= 11 is 0. The van der Waals surface area contributed by atoms with Crippen molar-refractivity contribution in [2.45, 2.75) is 6.42 Å². The number of carbonyl (C=O) groups excluding carboxylic acids is 1. The summed E-state index contributed by atoms with van der Waals surface area (Å²) in [6, 6.07) is 11.5. The minimum atomic E-state index is -0.133. The number of aromatic amines is 1. The van der Waals surface area contributed by atoms with Crippen molar-refractivity contribution in [1.29, 1.82) is 0 Å². The van der Waals surface area contributed by atoms with Gasteiger partial charge in [-0.3, -0.25) is 4.79 Å². The Labute approximate surface area is 128 Å². The third-order valence-corrected chi connectivity index (χ3v) is 3.48. The van der Waals surface area contributed by atoms with Gasteiger partial charge in [0.2, 0.25) is 0 Å². The minimum Gasteiger partial charge on any atom is -0.396 e. The smallest absolute Gasteiger partial charge is 0.251 e. The summed E-state index contributed by atoms with van der Waals surface area (Å²) in [4.78, 5) is 19.5.